The van der Waals surface area contributed by atoms with E-state index in [-0.39, 0.29) is 0 Å². The Morgan fingerprint density at radius 1 is 1.41 bits per heavy atom. The highest BCUT2D eigenvalue weighted by Gasteiger charge is 2.42. The van der Waals surface area contributed by atoms with Gasteiger partial charge in [-0.05, 0) is 31.7 Å². The van der Waals surface area contributed by atoms with Gasteiger partial charge in [0, 0.05) is 16.8 Å². The minimum atomic E-state index is 0.422. The molecule has 96 valence electrons. The molecule has 1 N–H and O–H groups in total. The van der Waals surface area contributed by atoms with Crippen LogP contribution in [-0.2, 0) is 18.4 Å². The maximum absolute atomic E-state index is 4.84. The molecule has 1 aliphatic carbocycles. The lowest BCUT2D eigenvalue weighted by atomic mass is 10.1. The molecule has 1 fully saturated rings. The van der Waals surface area contributed by atoms with Crippen molar-refractivity contribution in [1.82, 2.24) is 10.3 Å². The van der Waals surface area contributed by atoms with Crippen LogP contribution in [0.3, 0.4) is 0 Å². The summed E-state index contributed by atoms with van der Waals surface area (Å²) in [5.41, 5.74) is 1.74. The standard InChI is InChI=1S/C14H24N2S/c1-5-11-12(9-15-8-10(2)3)17-13(16-11)14(4)6-7-14/h10,15H,5-9H2,1-4H3. The van der Waals surface area contributed by atoms with Gasteiger partial charge in [-0.3, -0.25) is 0 Å². The summed E-state index contributed by atoms with van der Waals surface area (Å²) in [7, 11) is 0. The zero-order valence-corrected chi connectivity index (χ0v) is 12.3. The second kappa shape index (κ2) is 5.07. The molecular formula is C14H24N2S. The van der Waals surface area contributed by atoms with Crippen LogP contribution in [0.15, 0.2) is 0 Å². The first-order valence-electron chi connectivity index (χ1n) is 6.75. The molecule has 0 amide bonds. The second-order valence-electron chi connectivity index (χ2n) is 5.83. The van der Waals surface area contributed by atoms with Gasteiger partial charge in [-0.15, -0.1) is 11.3 Å². The Labute approximate surface area is 109 Å². The van der Waals surface area contributed by atoms with Crippen molar-refractivity contribution in [3.05, 3.63) is 15.6 Å². The molecule has 0 bridgehead atoms. The quantitative estimate of drug-likeness (QED) is 0.838. The molecule has 0 aliphatic heterocycles. The molecule has 0 aromatic carbocycles. The topological polar surface area (TPSA) is 24.9 Å². The Balaban J connectivity index is 2.02. The van der Waals surface area contributed by atoms with Crippen LogP contribution in [0.25, 0.3) is 0 Å². The van der Waals surface area contributed by atoms with Crippen LogP contribution in [-0.4, -0.2) is 11.5 Å². The zero-order valence-electron chi connectivity index (χ0n) is 11.5. The highest BCUT2D eigenvalue weighted by molar-refractivity contribution is 7.12. The highest BCUT2D eigenvalue weighted by Crippen LogP contribution is 2.49. The Morgan fingerprint density at radius 3 is 2.65 bits per heavy atom. The summed E-state index contributed by atoms with van der Waals surface area (Å²) in [6.07, 6.45) is 3.70. The Hall–Kier alpha value is -0.410. The summed E-state index contributed by atoms with van der Waals surface area (Å²) in [6, 6.07) is 0. The van der Waals surface area contributed by atoms with Crippen LogP contribution in [0.5, 0.6) is 0 Å². The van der Waals surface area contributed by atoms with Crippen molar-refractivity contribution in [3.63, 3.8) is 0 Å². The van der Waals surface area contributed by atoms with Gasteiger partial charge in [0.2, 0.25) is 0 Å². The fraction of sp³-hybridized carbons (Fsp3) is 0.786. The summed E-state index contributed by atoms with van der Waals surface area (Å²) in [4.78, 5) is 6.29. The third-order valence-corrected chi connectivity index (χ3v) is 4.87. The Bertz CT molecular complexity index is 378. The fourth-order valence-electron chi connectivity index (χ4n) is 1.93. The molecule has 3 heteroatoms. The van der Waals surface area contributed by atoms with E-state index in [9.17, 15) is 0 Å². The van der Waals surface area contributed by atoms with Crippen molar-refractivity contribution >= 4 is 11.3 Å². The van der Waals surface area contributed by atoms with E-state index in [1.807, 2.05) is 11.3 Å². The van der Waals surface area contributed by atoms with Gasteiger partial charge >= 0.3 is 0 Å². The lowest BCUT2D eigenvalue weighted by molar-refractivity contribution is 0.553. The number of rotatable bonds is 6. The van der Waals surface area contributed by atoms with E-state index in [0.29, 0.717) is 11.3 Å². The Kier molecular flexibility index (Phi) is 3.88. The average Bonchev–Trinajstić information content (AvgIpc) is 2.89. The normalized spacial score (nSPS) is 17.7. The fourth-order valence-corrected chi connectivity index (χ4v) is 3.25. The summed E-state index contributed by atoms with van der Waals surface area (Å²) in [5, 5.41) is 4.90. The molecule has 1 saturated carbocycles. The maximum atomic E-state index is 4.84. The van der Waals surface area contributed by atoms with Crippen molar-refractivity contribution in [1.29, 1.82) is 0 Å². The van der Waals surface area contributed by atoms with E-state index < -0.39 is 0 Å². The van der Waals surface area contributed by atoms with E-state index in [1.54, 1.807) is 0 Å². The van der Waals surface area contributed by atoms with E-state index in [0.717, 1.165) is 19.5 Å². The number of nitrogens with zero attached hydrogens (tertiary/aromatic N) is 1. The van der Waals surface area contributed by atoms with E-state index in [2.05, 4.69) is 33.0 Å². The molecule has 17 heavy (non-hydrogen) atoms. The van der Waals surface area contributed by atoms with Crippen LogP contribution < -0.4 is 5.32 Å². The monoisotopic (exact) mass is 252 g/mol. The van der Waals surface area contributed by atoms with Crippen LogP contribution in [0.1, 0.15) is 56.1 Å². The SMILES string of the molecule is CCc1nc(C2(C)CC2)sc1CNCC(C)C. The van der Waals surface area contributed by atoms with Gasteiger partial charge in [0.1, 0.15) is 0 Å². The van der Waals surface area contributed by atoms with Gasteiger partial charge in [-0.25, -0.2) is 4.98 Å². The number of hydrogen-bond donors (Lipinski definition) is 1. The number of aromatic nitrogens is 1. The zero-order chi connectivity index (χ0) is 12.5. The van der Waals surface area contributed by atoms with Gasteiger partial charge in [-0.1, -0.05) is 27.7 Å². The molecule has 1 aromatic rings. The van der Waals surface area contributed by atoms with E-state index >= 15 is 0 Å². The summed E-state index contributed by atoms with van der Waals surface area (Å²) in [6.45, 7) is 11.1. The van der Waals surface area contributed by atoms with Crippen molar-refractivity contribution in [2.24, 2.45) is 5.92 Å². The summed E-state index contributed by atoms with van der Waals surface area (Å²) >= 11 is 1.93. The molecule has 0 unspecified atom stereocenters. The molecular weight excluding hydrogens is 228 g/mol. The third kappa shape index (κ3) is 3.08. The smallest absolute Gasteiger partial charge is 0.0990 e. The lowest BCUT2D eigenvalue weighted by Crippen LogP contribution is -2.18. The van der Waals surface area contributed by atoms with Crippen LogP contribution in [0.4, 0.5) is 0 Å². The van der Waals surface area contributed by atoms with Gasteiger partial charge in [0.15, 0.2) is 0 Å². The van der Waals surface area contributed by atoms with Crippen LogP contribution in [0.2, 0.25) is 0 Å². The molecule has 0 radical (unpaired) electrons. The van der Waals surface area contributed by atoms with Gasteiger partial charge in [0.25, 0.3) is 0 Å². The molecule has 0 saturated heterocycles. The molecule has 1 heterocycles. The number of aryl methyl sites for hydroxylation is 1. The van der Waals surface area contributed by atoms with Crippen LogP contribution in [0, 0.1) is 5.92 Å². The molecule has 2 nitrogen and oxygen atoms in total. The van der Waals surface area contributed by atoms with Crippen LogP contribution >= 0.6 is 11.3 Å². The van der Waals surface area contributed by atoms with Crippen molar-refractivity contribution in [2.75, 3.05) is 6.54 Å². The second-order valence-corrected chi connectivity index (χ2v) is 6.91. The van der Waals surface area contributed by atoms with Gasteiger partial charge in [0.05, 0.1) is 10.7 Å². The third-order valence-electron chi connectivity index (χ3n) is 3.47. The van der Waals surface area contributed by atoms with Crippen molar-refractivity contribution in [2.45, 2.75) is 58.9 Å². The van der Waals surface area contributed by atoms with E-state index in [4.69, 9.17) is 4.98 Å². The number of hydrogen-bond acceptors (Lipinski definition) is 3. The number of nitrogens with one attached hydrogen (secondary N) is 1. The molecule has 0 atom stereocenters. The van der Waals surface area contributed by atoms with Gasteiger partial charge < -0.3 is 5.32 Å². The largest absolute Gasteiger partial charge is 0.312 e. The highest BCUT2D eigenvalue weighted by atomic mass is 32.1. The minimum Gasteiger partial charge on any atom is -0.312 e. The lowest BCUT2D eigenvalue weighted by Gasteiger charge is -2.06. The van der Waals surface area contributed by atoms with Crippen molar-refractivity contribution in [3.8, 4) is 0 Å². The first-order chi connectivity index (χ1) is 8.05. The molecule has 0 spiro atoms. The molecule has 1 aliphatic rings. The van der Waals surface area contributed by atoms with Gasteiger partial charge in [-0.2, -0.15) is 0 Å². The molecule has 1 aromatic heterocycles. The Morgan fingerprint density at radius 2 is 2.12 bits per heavy atom. The minimum absolute atomic E-state index is 0.422. The average molecular weight is 252 g/mol. The first-order valence-corrected chi connectivity index (χ1v) is 7.56. The molecule has 2 rings (SSSR count). The predicted octanol–water partition coefficient (Wildman–Crippen LogP) is 3.50. The predicted molar refractivity (Wildman–Crippen MR) is 74.6 cm³/mol. The summed E-state index contributed by atoms with van der Waals surface area (Å²) in [5.74, 6) is 0.716. The summed E-state index contributed by atoms with van der Waals surface area (Å²) < 4.78 is 0. The maximum Gasteiger partial charge on any atom is 0.0990 e. The van der Waals surface area contributed by atoms with Crippen molar-refractivity contribution < 1.29 is 0 Å². The first kappa shape index (κ1) is 13.0. The van der Waals surface area contributed by atoms with E-state index in [1.165, 1.54) is 28.4 Å². The number of thiazole rings is 1.